The van der Waals surface area contributed by atoms with Crippen LogP contribution in [-0.2, 0) is 0 Å². The van der Waals surface area contributed by atoms with E-state index in [9.17, 15) is 4.79 Å². The first-order chi connectivity index (χ1) is 8.99. The predicted molar refractivity (Wildman–Crippen MR) is 78.3 cm³/mol. The molecular formula is C14H17N3OS. The molecule has 0 aliphatic heterocycles. The summed E-state index contributed by atoms with van der Waals surface area (Å²) in [6.45, 7) is 6.10. The van der Waals surface area contributed by atoms with E-state index in [0.717, 1.165) is 5.56 Å². The lowest BCUT2D eigenvalue weighted by Crippen LogP contribution is -2.27. The average molecular weight is 275 g/mol. The number of nitrogens with two attached hydrogens (primary N) is 1. The van der Waals surface area contributed by atoms with Crippen LogP contribution in [0.3, 0.4) is 0 Å². The van der Waals surface area contributed by atoms with Gasteiger partial charge in [0, 0.05) is 16.0 Å². The Kier molecular flexibility index (Phi) is 3.85. The number of carbonyl (C=O) groups is 1. The smallest absolute Gasteiger partial charge is 0.255 e. The monoisotopic (exact) mass is 275 g/mol. The Hall–Kier alpha value is -1.88. The van der Waals surface area contributed by atoms with Crippen molar-refractivity contribution in [2.75, 3.05) is 5.73 Å². The largest absolute Gasteiger partial charge is 0.383 e. The van der Waals surface area contributed by atoms with Crippen molar-refractivity contribution < 1.29 is 4.79 Å². The molecule has 3 N–H and O–H groups in total. The zero-order valence-electron chi connectivity index (χ0n) is 11.2. The number of pyridine rings is 1. The maximum atomic E-state index is 12.1. The number of carbonyl (C=O) groups excluding carboxylic acids is 1. The van der Waals surface area contributed by atoms with Crippen LogP contribution in [0.25, 0.3) is 0 Å². The number of rotatable bonds is 3. The topological polar surface area (TPSA) is 68.0 Å². The summed E-state index contributed by atoms with van der Waals surface area (Å²) in [5.74, 6) is 0.0618. The van der Waals surface area contributed by atoms with Gasteiger partial charge in [0.2, 0.25) is 0 Å². The molecule has 0 aliphatic rings. The van der Waals surface area contributed by atoms with Crippen LogP contribution in [0.5, 0.6) is 0 Å². The van der Waals surface area contributed by atoms with E-state index in [1.165, 1.54) is 9.75 Å². The number of aromatic nitrogens is 1. The summed E-state index contributed by atoms with van der Waals surface area (Å²) in [4.78, 5) is 18.5. The molecule has 1 unspecified atom stereocenters. The molecule has 2 rings (SSSR count). The molecule has 4 nitrogen and oxygen atoms in total. The second kappa shape index (κ2) is 5.40. The maximum Gasteiger partial charge on any atom is 0.255 e. The summed E-state index contributed by atoms with van der Waals surface area (Å²) in [5, 5.41) is 2.96. The van der Waals surface area contributed by atoms with Crippen LogP contribution in [0.1, 0.15) is 38.6 Å². The fourth-order valence-electron chi connectivity index (χ4n) is 2.04. The number of hydrogen-bond donors (Lipinski definition) is 2. The number of thiophene rings is 1. The third-order valence-corrected chi connectivity index (χ3v) is 3.96. The van der Waals surface area contributed by atoms with E-state index >= 15 is 0 Å². The van der Waals surface area contributed by atoms with E-state index in [2.05, 4.69) is 30.2 Å². The van der Waals surface area contributed by atoms with Crippen molar-refractivity contribution in [3.8, 4) is 0 Å². The third-order valence-electron chi connectivity index (χ3n) is 2.98. The number of nitrogens with one attached hydrogen (secondary N) is 1. The molecule has 0 aliphatic carbocycles. The molecular weight excluding hydrogens is 258 g/mol. The molecule has 19 heavy (non-hydrogen) atoms. The summed E-state index contributed by atoms with van der Waals surface area (Å²) in [6, 6.07) is 5.45. The second-order valence-corrected chi connectivity index (χ2v) is 5.96. The summed E-state index contributed by atoms with van der Waals surface area (Å²) in [5.41, 5.74) is 7.27. The Bertz CT molecular complexity index is 606. The van der Waals surface area contributed by atoms with Gasteiger partial charge in [0.05, 0.1) is 11.6 Å². The van der Waals surface area contributed by atoms with Gasteiger partial charge in [0.15, 0.2) is 0 Å². The minimum Gasteiger partial charge on any atom is -0.383 e. The number of anilines is 1. The van der Waals surface area contributed by atoms with Crippen LogP contribution in [0.15, 0.2) is 24.4 Å². The molecule has 0 saturated carbocycles. The number of nitrogen functional groups attached to an aromatic ring is 1. The highest BCUT2D eigenvalue weighted by Crippen LogP contribution is 2.26. The lowest BCUT2D eigenvalue weighted by molar-refractivity contribution is 0.0940. The van der Waals surface area contributed by atoms with Gasteiger partial charge in [-0.25, -0.2) is 4.98 Å². The quantitative estimate of drug-likeness (QED) is 0.905. The Morgan fingerprint density at radius 2 is 2.21 bits per heavy atom. The molecule has 0 bridgehead atoms. The molecule has 0 fully saturated rings. The standard InChI is InChI=1S/C14H17N3OS/c1-8-7-12(10(3)19-8)9(2)17-14(18)11-5-4-6-16-13(11)15/h4-7,9H,1-3H3,(H2,15,16)(H,17,18). The average Bonchev–Trinajstić information content (AvgIpc) is 2.69. The zero-order valence-corrected chi connectivity index (χ0v) is 12.0. The molecule has 2 aromatic rings. The molecule has 0 aromatic carbocycles. The Balaban J connectivity index is 2.15. The van der Waals surface area contributed by atoms with Gasteiger partial charge >= 0.3 is 0 Å². The lowest BCUT2D eigenvalue weighted by Gasteiger charge is -2.14. The van der Waals surface area contributed by atoms with Crippen molar-refractivity contribution in [2.45, 2.75) is 26.8 Å². The molecule has 2 aromatic heterocycles. The van der Waals surface area contributed by atoms with Gasteiger partial charge in [0.25, 0.3) is 5.91 Å². The minimum atomic E-state index is -0.193. The first kappa shape index (κ1) is 13.5. The van der Waals surface area contributed by atoms with Gasteiger partial charge in [-0.2, -0.15) is 0 Å². The number of aryl methyl sites for hydroxylation is 2. The van der Waals surface area contributed by atoms with Crippen molar-refractivity contribution >= 4 is 23.1 Å². The second-order valence-electron chi connectivity index (χ2n) is 4.50. The highest BCUT2D eigenvalue weighted by molar-refractivity contribution is 7.12. The number of amides is 1. The van der Waals surface area contributed by atoms with Crippen molar-refractivity contribution in [3.63, 3.8) is 0 Å². The van der Waals surface area contributed by atoms with E-state index in [1.54, 1.807) is 29.7 Å². The highest BCUT2D eigenvalue weighted by atomic mass is 32.1. The minimum absolute atomic E-state index is 0.0444. The Labute approximate surface area is 116 Å². The highest BCUT2D eigenvalue weighted by Gasteiger charge is 2.16. The molecule has 1 atom stereocenters. The van der Waals surface area contributed by atoms with Gasteiger partial charge in [-0.15, -0.1) is 11.3 Å². The molecule has 0 radical (unpaired) electrons. The first-order valence-corrected chi connectivity index (χ1v) is 6.89. The predicted octanol–water partition coefficient (Wildman–Crippen LogP) is 2.83. The van der Waals surface area contributed by atoms with Crippen LogP contribution < -0.4 is 11.1 Å². The molecule has 5 heteroatoms. The summed E-state index contributed by atoms with van der Waals surface area (Å²) in [6.07, 6.45) is 1.57. The summed E-state index contributed by atoms with van der Waals surface area (Å²) >= 11 is 1.74. The maximum absolute atomic E-state index is 12.1. The van der Waals surface area contributed by atoms with E-state index in [-0.39, 0.29) is 17.8 Å². The van der Waals surface area contributed by atoms with Gasteiger partial charge in [-0.3, -0.25) is 4.79 Å². The van der Waals surface area contributed by atoms with Crippen LogP contribution in [-0.4, -0.2) is 10.9 Å². The molecule has 1 amide bonds. The van der Waals surface area contributed by atoms with E-state index in [4.69, 9.17) is 5.73 Å². The number of nitrogens with zero attached hydrogens (tertiary/aromatic N) is 1. The van der Waals surface area contributed by atoms with Crippen molar-refractivity contribution in [1.29, 1.82) is 0 Å². The van der Waals surface area contributed by atoms with Gasteiger partial charge in [0.1, 0.15) is 5.82 Å². The normalized spacial score (nSPS) is 12.2. The van der Waals surface area contributed by atoms with Crippen LogP contribution >= 0.6 is 11.3 Å². The summed E-state index contributed by atoms with van der Waals surface area (Å²) in [7, 11) is 0. The van der Waals surface area contributed by atoms with Crippen molar-refractivity contribution in [1.82, 2.24) is 10.3 Å². The third kappa shape index (κ3) is 2.93. The number of hydrogen-bond acceptors (Lipinski definition) is 4. The SMILES string of the molecule is Cc1cc(C(C)NC(=O)c2cccnc2N)c(C)s1. The fourth-order valence-corrected chi connectivity index (χ4v) is 3.06. The van der Waals surface area contributed by atoms with Crippen LogP contribution in [0.2, 0.25) is 0 Å². The first-order valence-electron chi connectivity index (χ1n) is 6.07. The van der Waals surface area contributed by atoms with E-state index in [0.29, 0.717) is 5.56 Å². The van der Waals surface area contributed by atoms with E-state index < -0.39 is 0 Å². The van der Waals surface area contributed by atoms with Gasteiger partial charge in [-0.1, -0.05) is 0 Å². The Morgan fingerprint density at radius 1 is 1.47 bits per heavy atom. The van der Waals surface area contributed by atoms with Crippen molar-refractivity contribution in [2.24, 2.45) is 0 Å². The zero-order chi connectivity index (χ0) is 14.0. The molecule has 0 spiro atoms. The molecule has 100 valence electrons. The van der Waals surface area contributed by atoms with Crippen LogP contribution in [0, 0.1) is 13.8 Å². The van der Waals surface area contributed by atoms with Crippen LogP contribution in [0.4, 0.5) is 5.82 Å². The fraction of sp³-hybridized carbons (Fsp3) is 0.286. The van der Waals surface area contributed by atoms with Gasteiger partial charge < -0.3 is 11.1 Å². The summed E-state index contributed by atoms with van der Waals surface area (Å²) < 4.78 is 0. The van der Waals surface area contributed by atoms with Gasteiger partial charge in [-0.05, 0) is 44.5 Å². The molecule has 0 saturated heterocycles. The lowest BCUT2D eigenvalue weighted by atomic mass is 10.1. The van der Waals surface area contributed by atoms with E-state index in [1.807, 2.05) is 6.92 Å². The Morgan fingerprint density at radius 3 is 2.79 bits per heavy atom. The molecule has 2 heterocycles. The van der Waals surface area contributed by atoms with Crippen molar-refractivity contribution in [3.05, 3.63) is 45.3 Å².